The van der Waals surface area contributed by atoms with Crippen LogP contribution in [0, 0.1) is 5.82 Å². The van der Waals surface area contributed by atoms with Crippen molar-refractivity contribution < 1.29 is 18.3 Å². The maximum atomic E-state index is 14.6. The summed E-state index contributed by atoms with van der Waals surface area (Å²) in [7, 11) is -2.15. The lowest BCUT2D eigenvalue weighted by Gasteiger charge is -2.42. The van der Waals surface area contributed by atoms with Crippen LogP contribution in [0.1, 0.15) is 53.4 Å². The van der Waals surface area contributed by atoms with E-state index in [1.807, 2.05) is 6.07 Å². The van der Waals surface area contributed by atoms with Crippen molar-refractivity contribution in [2.75, 3.05) is 13.2 Å². The van der Waals surface area contributed by atoms with Crippen LogP contribution in [-0.4, -0.2) is 21.5 Å². The van der Waals surface area contributed by atoms with E-state index >= 15 is 0 Å². The number of hydrogen-bond acceptors (Lipinski definition) is 3. The molecule has 0 spiro atoms. The Morgan fingerprint density at radius 3 is 1.96 bits per heavy atom. The molecule has 1 aliphatic rings. The molecule has 0 radical (unpaired) electrons. The molecule has 1 heterocycles. The van der Waals surface area contributed by atoms with Crippen molar-refractivity contribution in [3.05, 3.63) is 29.6 Å². The number of benzene rings is 1. The Bertz CT molecular complexity index is 503. The van der Waals surface area contributed by atoms with Crippen LogP contribution in [0.3, 0.4) is 0 Å². The molecule has 1 saturated heterocycles. The molecule has 0 saturated carbocycles. The molecule has 0 N–H and O–H groups in total. The van der Waals surface area contributed by atoms with Gasteiger partial charge in [-0.25, -0.2) is 4.39 Å². The maximum absolute atomic E-state index is 14.6. The first-order chi connectivity index (χ1) is 10.8. The fraction of sp³-hybridized carbons (Fsp3) is 0.667. The SMILES string of the molecule is CC(C)[Si](Oc1ccc(C2OCCO2)cc1F)(C(C)C)C(C)C. The Morgan fingerprint density at radius 2 is 1.52 bits per heavy atom. The first kappa shape index (κ1) is 18.4. The lowest BCUT2D eigenvalue weighted by Crippen LogP contribution is -2.50. The van der Waals surface area contributed by atoms with E-state index in [2.05, 4.69) is 41.5 Å². The van der Waals surface area contributed by atoms with Crippen molar-refractivity contribution >= 4 is 8.32 Å². The predicted molar refractivity (Wildman–Crippen MR) is 92.7 cm³/mol. The Morgan fingerprint density at radius 1 is 1.00 bits per heavy atom. The Kier molecular flexibility index (Phi) is 5.87. The molecule has 0 aliphatic carbocycles. The largest absolute Gasteiger partial charge is 0.541 e. The summed E-state index contributed by atoms with van der Waals surface area (Å²) in [4.78, 5) is 0. The van der Waals surface area contributed by atoms with E-state index < -0.39 is 14.6 Å². The molecule has 130 valence electrons. The normalized spacial score (nSPS) is 16.8. The first-order valence-corrected chi connectivity index (χ1v) is 10.6. The average Bonchev–Trinajstić information content (AvgIpc) is 2.98. The summed E-state index contributed by atoms with van der Waals surface area (Å²) in [5.74, 6) is 0.0231. The van der Waals surface area contributed by atoms with Gasteiger partial charge in [-0.05, 0) is 28.8 Å². The van der Waals surface area contributed by atoms with Gasteiger partial charge in [0.2, 0.25) is 0 Å². The van der Waals surface area contributed by atoms with Gasteiger partial charge < -0.3 is 13.9 Å². The van der Waals surface area contributed by atoms with Crippen molar-refractivity contribution in [2.24, 2.45) is 0 Å². The molecule has 1 aliphatic heterocycles. The van der Waals surface area contributed by atoms with Gasteiger partial charge in [-0.1, -0.05) is 47.6 Å². The van der Waals surface area contributed by atoms with E-state index in [1.165, 1.54) is 6.07 Å². The van der Waals surface area contributed by atoms with E-state index in [-0.39, 0.29) is 5.82 Å². The monoisotopic (exact) mass is 340 g/mol. The minimum atomic E-state index is -2.15. The molecule has 0 amide bonds. The summed E-state index contributed by atoms with van der Waals surface area (Å²) < 4.78 is 31.9. The highest BCUT2D eigenvalue weighted by Gasteiger charge is 2.47. The van der Waals surface area contributed by atoms with Crippen molar-refractivity contribution in [2.45, 2.75) is 64.5 Å². The second-order valence-electron chi connectivity index (χ2n) is 7.18. The zero-order chi connectivity index (χ0) is 17.2. The zero-order valence-electron chi connectivity index (χ0n) is 15.1. The summed E-state index contributed by atoms with van der Waals surface area (Å²) in [6.45, 7) is 14.3. The molecule has 5 heteroatoms. The van der Waals surface area contributed by atoms with E-state index in [9.17, 15) is 4.39 Å². The van der Waals surface area contributed by atoms with Crippen LogP contribution in [-0.2, 0) is 9.47 Å². The molecule has 1 aromatic rings. The second kappa shape index (κ2) is 7.32. The number of ether oxygens (including phenoxy) is 2. The molecule has 0 atom stereocenters. The molecular weight excluding hydrogens is 311 g/mol. The van der Waals surface area contributed by atoms with Crippen molar-refractivity contribution in [3.63, 3.8) is 0 Å². The lowest BCUT2D eigenvalue weighted by molar-refractivity contribution is -0.0443. The molecule has 0 bridgehead atoms. The standard InChI is InChI=1S/C18H29FO3Si/c1-12(2)23(13(3)4,14(5)6)22-17-8-7-15(11-16(17)19)18-20-9-10-21-18/h7-8,11-14,18H,9-10H2,1-6H3. The maximum Gasteiger partial charge on any atom is 0.258 e. The van der Waals surface area contributed by atoms with Crippen LogP contribution in [0.2, 0.25) is 16.6 Å². The van der Waals surface area contributed by atoms with Crippen LogP contribution in [0.25, 0.3) is 0 Å². The first-order valence-electron chi connectivity index (χ1n) is 8.50. The number of hydrogen-bond donors (Lipinski definition) is 0. The highest BCUT2D eigenvalue weighted by molar-refractivity contribution is 6.78. The zero-order valence-corrected chi connectivity index (χ0v) is 16.1. The fourth-order valence-corrected chi connectivity index (χ4v) is 9.09. The van der Waals surface area contributed by atoms with E-state index in [0.717, 1.165) is 0 Å². The molecular formula is C18H29FO3Si. The predicted octanol–water partition coefficient (Wildman–Crippen LogP) is 5.43. The number of rotatable bonds is 6. The van der Waals surface area contributed by atoms with Gasteiger partial charge in [0.25, 0.3) is 8.32 Å². The summed E-state index contributed by atoms with van der Waals surface area (Å²) >= 11 is 0. The third kappa shape index (κ3) is 3.62. The molecule has 1 fully saturated rings. The third-order valence-corrected chi connectivity index (χ3v) is 10.8. The summed E-state index contributed by atoms with van der Waals surface area (Å²) in [6, 6.07) is 5.05. The van der Waals surface area contributed by atoms with Gasteiger partial charge in [0, 0.05) is 5.56 Å². The molecule has 1 aromatic carbocycles. The van der Waals surface area contributed by atoms with Gasteiger partial charge >= 0.3 is 0 Å². The quantitative estimate of drug-likeness (QED) is 0.647. The van der Waals surface area contributed by atoms with Crippen LogP contribution >= 0.6 is 0 Å². The van der Waals surface area contributed by atoms with Gasteiger partial charge in [0.05, 0.1) is 13.2 Å². The topological polar surface area (TPSA) is 27.7 Å². The Hall–Kier alpha value is -0.913. The Balaban J connectivity index is 2.30. The smallest absolute Gasteiger partial charge is 0.258 e. The average molecular weight is 341 g/mol. The lowest BCUT2D eigenvalue weighted by atomic mass is 10.2. The summed E-state index contributed by atoms with van der Waals surface area (Å²) in [5, 5.41) is 0. The summed E-state index contributed by atoms with van der Waals surface area (Å²) in [5.41, 5.74) is 1.92. The van der Waals surface area contributed by atoms with Crippen molar-refractivity contribution in [1.82, 2.24) is 0 Å². The van der Waals surface area contributed by atoms with Gasteiger partial charge in [0.15, 0.2) is 12.1 Å². The molecule has 0 aromatic heterocycles. The van der Waals surface area contributed by atoms with Gasteiger partial charge in [-0.15, -0.1) is 0 Å². The van der Waals surface area contributed by atoms with Crippen LogP contribution < -0.4 is 4.43 Å². The Labute approximate surface area is 140 Å². The van der Waals surface area contributed by atoms with Crippen LogP contribution in [0.15, 0.2) is 18.2 Å². The molecule has 3 nitrogen and oxygen atoms in total. The fourth-order valence-electron chi connectivity index (χ4n) is 3.84. The van der Waals surface area contributed by atoms with Crippen molar-refractivity contribution in [1.29, 1.82) is 0 Å². The highest BCUT2D eigenvalue weighted by atomic mass is 28.4. The van der Waals surface area contributed by atoms with Gasteiger partial charge in [0.1, 0.15) is 5.75 Å². The highest BCUT2D eigenvalue weighted by Crippen LogP contribution is 2.43. The molecule has 23 heavy (non-hydrogen) atoms. The molecule has 2 rings (SSSR count). The van der Waals surface area contributed by atoms with Gasteiger partial charge in [-0.3, -0.25) is 0 Å². The third-order valence-electron chi connectivity index (χ3n) is 4.84. The number of halogens is 1. The minimum absolute atomic E-state index is 0.333. The van der Waals surface area contributed by atoms with Gasteiger partial charge in [-0.2, -0.15) is 0 Å². The van der Waals surface area contributed by atoms with E-state index in [0.29, 0.717) is 41.2 Å². The van der Waals surface area contributed by atoms with Crippen LogP contribution in [0.5, 0.6) is 5.75 Å². The summed E-state index contributed by atoms with van der Waals surface area (Å²) in [6.07, 6.45) is -0.458. The minimum Gasteiger partial charge on any atom is -0.541 e. The van der Waals surface area contributed by atoms with E-state index in [1.54, 1.807) is 6.07 Å². The van der Waals surface area contributed by atoms with Crippen LogP contribution in [0.4, 0.5) is 4.39 Å². The van der Waals surface area contributed by atoms with Crippen molar-refractivity contribution in [3.8, 4) is 5.75 Å². The second-order valence-corrected chi connectivity index (χ2v) is 12.6. The van der Waals surface area contributed by atoms with E-state index in [4.69, 9.17) is 13.9 Å². The molecule has 0 unspecified atom stereocenters.